The molecule has 0 spiro atoms. The maximum absolute atomic E-state index is 14.3. The highest BCUT2D eigenvalue weighted by atomic mass is 32.2. The molecule has 1 unspecified atom stereocenters. The Morgan fingerprint density at radius 2 is 1.75 bits per heavy atom. The Labute approximate surface area is 266 Å². The minimum atomic E-state index is -3.87. The van der Waals surface area contributed by atoms with Gasteiger partial charge in [-0.25, -0.2) is 0 Å². The normalized spacial score (nSPS) is 34.3. The van der Waals surface area contributed by atoms with Crippen LogP contribution in [0.4, 0.5) is 0 Å². The SMILES string of the molecule is CC.CC(O)[C@H]1[C@H](C(C)(C)C(C)(C)[C@]2(C(=O)COS(C)(=O)=O)O[C@H](C3CCCCC3)O[C@@H]2C)CCC2=CC(=O)CC=C[C@@]21C. The van der Waals surface area contributed by atoms with Crippen molar-refractivity contribution in [2.75, 3.05) is 12.9 Å². The molecule has 0 amide bonds. The van der Waals surface area contributed by atoms with E-state index in [2.05, 4.69) is 26.8 Å². The van der Waals surface area contributed by atoms with E-state index in [-0.39, 0.29) is 23.5 Å². The smallest absolute Gasteiger partial charge is 0.264 e. The molecule has 4 aliphatic rings. The quantitative estimate of drug-likeness (QED) is 0.223. The van der Waals surface area contributed by atoms with Crippen LogP contribution < -0.4 is 0 Å². The first-order valence-corrected chi connectivity index (χ1v) is 18.5. The molecule has 3 aliphatic carbocycles. The van der Waals surface area contributed by atoms with Crippen LogP contribution in [-0.2, 0) is 33.4 Å². The van der Waals surface area contributed by atoms with Crippen LogP contribution in [-0.4, -0.2) is 62.1 Å². The van der Waals surface area contributed by atoms with Gasteiger partial charge in [-0.3, -0.25) is 13.8 Å². The van der Waals surface area contributed by atoms with Gasteiger partial charge in [0.15, 0.2) is 23.5 Å². The van der Waals surface area contributed by atoms with Gasteiger partial charge in [0.25, 0.3) is 10.1 Å². The summed E-state index contributed by atoms with van der Waals surface area (Å²) in [5.41, 5.74) is -2.49. The van der Waals surface area contributed by atoms with Gasteiger partial charge in [0.05, 0.1) is 18.5 Å². The Hall–Kier alpha value is -1.39. The van der Waals surface area contributed by atoms with Gasteiger partial charge < -0.3 is 14.6 Å². The van der Waals surface area contributed by atoms with Crippen LogP contribution in [0.5, 0.6) is 0 Å². The number of carbonyl (C=O) groups excluding carboxylic acids is 2. The average Bonchev–Trinajstić information content (AvgIpc) is 3.23. The van der Waals surface area contributed by atoms with Crippen molar-refractivity contribution in [3.8, 4) is 0 Å². The number of carbonyl (C=O) groups is 2. The standard InChI is InChI=1S/C33H52O8S.C2H6/c1-21(34)28-26(17-16-24-19-25(35)15-12-18-32(24,28)7)30(3,4)31(5,6)33(27(36)20-39-42(8,37)38)22(2)40-29(41-33)23-13-10-9-11-14-23;1-2/h12,18-19,21-23,26,28-29,34H,9-11,13-17,20H2,1-8H3;1-2H3/t21?,22-,26-,28+,29-,32+,33+;/m1./s1. The molecular formula is C35H58O8S. The number of aliphatic hydroxyl groups is 1. The number of rotatable bonds is 9. The fraction of sp³-hybridized carbons (Fsp3) is 0.829. The molecule has 0 aromatic rings. The van der Waals surface area contributed by atoms with Crippen molar-refractivity contribution in [3.63, 3.8) is 0 Å². The molecule has 1 saturated heterocycles. The van der Waals surface area contributed by atoms with Crippen LogP contribution in [0.1, 0.15) is 114 Å². The summed E-state index contributed by atoms with van der Waals surface area (Å²) in [7, 11) is -3.87. The summed E-state index contributed by atoms with van der Waals surface area (Å²) in [6, 6.07) is 0. The third-order valence-corrected chi connectivity index (χ3v) is 12.3. The molecule has 0 bridgehead atoms. The second-order valence-electron chi connectivity index (χ2n) is 14.6. The third kappa shape index (κ3) is 6.69. The number of allylic oxidation sites excluding steroid dienone is 4. The minimum Gasteiger partial charge on any atom is -0.393 e. The fourth-order valence-electron chi connectivity index (χ4n) is 8.88. The lowest BCUT2D eigenvalue weighted by atomic mass is 9.45. The van der Waals surface area contributed by atoms with Crippen LogP contribution >= 0.6 is 0 Å². The minimum absolute atomic E-state index is 0.0712. The highest BCUT2D eigenvalue weighted by Gasteiger charge is 2.69. The average molecular weight is 639 g/mol. The molecule has 1 N–H and O–H groups in total. The molecule has 1 heterocycles. The van der Waals surface area contributed by atoms with Gasteiger partial charge in [0, 0.05) is 29.1 Å². The molecule has 0 radical (unpaired) electrons. The zero-order valence-corrected chi connectivity index (χ0v) is 29.6. The molecule has 7 atom stereocenters. The van der Waals surface area contributed by atoms with E-state index >= 15 is 0 Å². The number of aliphatic hydroxyl groups excluding tert-OH is 1. The molecule has 0 aromatic heterocycles. The van der Waals surface area contributed by atoms with E-state index in [1.54, 1.807) is 6.08 Å². The number of Topliss-reactive ketones (excluding diaryl/α,β-unsaturated/α-hetero) is 1. The van der Waals surface area contributed by atoms with E-state index in [4.69, 9.17) is 13.7 Å². The molecule has 3 fully saturated rings. The van der Waals surface area contributed by atoms with Crippen LogP contribution in [0, 0.1) is 34.0 Å². The van der Waals surface area contributed by atoms with Crippen molar-refractivity contribution in [3.05, 3.63) is 23.8 Å². The van der Waals surface area contributed by atoms with E-state index < -0.39 is 62.9 Å². The lowest BCUT2D eigenvalue weighted by Crippen LogP contribution is -2.66. The predicted molar refractivity (Wildman–Crippen MR) is 172 cm³/mol. The molecule has 2 saturated carbocycles. The Morgan fingerprint density at radius 1 is 1.14 bits per heavy atom. The molecule has 4 rings (SSSR count). The predicted octanol–water partition coefficient (Wildman–Crippen LogP) is 6.56. The van der Waals surface area contributed by atoms with Gasteiger partial charge >= 0.3 is 0 Å². The first-order chi connectivity index (χ1) is 20.4. The summed E-state index contributed by atoms with van der Waals surface area (Å²) in [4.78, 5) is 26.8. The third-order valence-electron chi connectivity index (χ3n) is 11.7. The summed E-state index contributed by atoms with van der Waals surface area (Å²) >= 11 is 0. The summed E-state index contributed by atoms with van der Waals surface area (Å²) in [5.74, 6) is -0.529. The topological polar surface area (TPSA) is 116 Å². The lowest BCUT2D eigenvalue weighted by Gasteiger charge is -2.60. The van der Waals surface area contributed by atoms with E-state index in [1.807, 2.05) is 47.6 Å². The van der Waals surface area contributed by atoms with Crippen LogP contribution in [0.2, 0.25) is 0 Å². The zero-order chi connectivity index (χ0) is 33.3. The van der Waals surface area contributed by atoms with E-state index in [0.717, 1.165) is 43.9 Å². The Morgan fingerprint density at radius 3 is 2.32 bits per heavy atom. The fourth-order valence-corrected chi connectivity index (χ4v) is 9.20. The summed E-state index contributed by atoms with van der Waals surface area (Å²) in [5, 5.41) is 11.4. The molecule has 44 heavy (non-hydrogen) atoms. The van der Waals surface area contributed by atoms with Crippen LogP contribution in [0.25, 0.3) is 0 Å². The Balaban J connectivity index is 0.00000259. The molecule has 1 aliphatic heterocycles. The highest BCUT2D eigenvalue weighted by molar-refractivity contribution is 7.86. The second kappa shape index (κ2) is 13.8. The molecular weight excluding hydrogens is 580 g/mol. The lowest BCUT2D eigenvalue weighted by molar-refractivity contribution is -0.206. The largest absolute Gasteiger partial charge is 0.393 e. The summed E-state index contributed by atoms with van der Waals surface area (Å²) in [6.07, 6.45) is 11.8. The van der Waals surface area contributed by atoms with Crippen molar-refractivity contribution >= 4 is 21.7 Å². The molecule has 252 valence electrons. The van der Waals surface area contributed by atoms with E-state index in [0.29, 0.717) is 12.8 Å². The van der Waals surface area contributed by atoms with Crippen LogP contribution in [0.15, 0.2) is 23.8 Å². The van der Waals surface area contributed by atoms with Crippen molar-refractivity contribution in [1.29, 1.82) is 0 Å². The second-order valence-corrected chi connectivity index (χ2v) is 16.2. The van der Waals surface area contributed by atoms with E-state index in [1.165, 1.54) is 6.42 Å². The monoisotopic (exact) mass is 638 g/mol. The van der Waals surface area contributed by atoms with Gasteiger partial charge in [0.1, 0.15) is 6.61 Å². The molecule has 8 nitrogen and oxygen atoms in total. The first-order valence-electron chi connectivity index (χ1n) is 16.7. The Bertz CT molecular complexity index is 1210. The van der Waals surface area contributed by atoms with Crippen molar-refractivity contribution < 1.29 is 36.8 Å². The van der Waals surface area contributed by atoms with Gasteiger partial charge in [-0.15, -0.1) is 0 Å². The van der Waals surface area contributed by atoms with Crippen LogP contribution in [0.3, 0.4) is 0 Å². The molecule has 9 heteroatoms. The summed E-state index contributed by atoms with van der Waals surface area (Å²) in [6.45, 7) is 17.4. The highest BCUT2D eigenvalue weighted by Crippen LogP contribution is 2.64. The number of ether oxygens (including phenoxy) is 2. The zero-order valence-electron chi connectivity index (χ0n) is 28.8. The maximum atomic E-state index is 14.3. The van der Waals surface area contributed by atoms with Gasteiger partial charge in [-0.1, -0.05) is 85.5 Å². The Kier molecular flexibility index (Phi) is 11.6. The van der Waals surface area contributed by atoms with Gasteiger partial charge in [-0.05, 0) is 56.9 Å². The van der Waals surface area contributed by atoms with Crippen molar-refractivity contribution in [2.24, 2.45) is 34.0 Å². The van der Waals surface area contributed by atoms with Gasteiger partial charge in [0.2, 0.25) is 0 Å². The van der Waals surface area contributed by atoms with Crippen molar-refractivity contribution in [2.45, 2.75) is 138 Å². The maximum Gasteiger partial charge on any atom is 0.264 e. The first kappa shape index (κ1) is 37.1. The number of hydrogen-bond donors (Lipinski definition) is 1. The summed E-state index contributed by atoms with van der Waals surface area (Å²) < 4.78 is 42.4. The van der Waals surface area contributed by atoms with E-state index in [9.17, 15) is 23.1 Å². The molecule has 0 aromatic carbocycles. The van der Waals surface area contributed by atoms with Gasteiger partial charge in [-0.2, -0.15) is 8.42 Å². The number of fused-ring (bicyclic) bond motifs is 1. The number of ketones is 2. The van der Waals surface area contributed by atoms with Crippen molar-refractivity contribution in [1.82, 2.24) is 0 Å². The number of hydrogen-bond acceptors (Lipinski definition) is 8.